The summed E-state index contributed by atoms with van der Waals surface area (Å²) in [6.45, 7) is 10.9. The van der Waals surface area contributed by atoms with Gasteiger partial charge >= 0.3 is 8.60 Å². The van der Waals surface area contributed by atoms with Crippen LogP contribution in [0.25, 0.3) is 0 Å². The van der Waals surface area contributed by atoms with Crippen LogP contribution in [0.1, 0.15) is 20.8 Å². The van der Waals surface area contributed by atoms with Crippen molar-refractivity contribution in [2.75, 3.05) is 14.2 Å². The van der Waals surface area contributed by atoms with Crippen LogP contribution >= 0.6 is 8.60 Å². The van der Waals surface area contributed by atoms with E-state index in [1.165, 1.54) is 0 Å². The van der Waals surface area contributed by atoms with E-state index < -0.39 is 16.9 Å². The second kappa shape index (κ2) is 4.85. The van der Waals surface area contributed by atoms with Gasteiger partial charge in [-0.2, -0.15) is 0 Å². The van der Waals surface area contributed by atoms with E-state index in [9.17, 15) is 0 Å². The number of hydrogen-bond donors (Lipinski definition) is 0. The van der Waals surface area contributed by atoms with Gasteiger partial charge in [-0.25, -0.2) is 0 Å². The Kier molecular flexibility index (Phi) is 5.05. The normalized spacial score (nSPS) is 13.8. The first kappa shape index (κ1) is 13.5. The Hall–Kier alpha value is 0.527. The predicted octanol–water partition coefficient (Wildman–Crippen LogP) is 3.53. The largest absolute Gasteiger partial charge is 0.354 e. The Labute approximate surface area is 83.9 Å². The van der Waals surface area contributed by atoms with E-state index in [4.69, 9.17) is 13.3 Å². The molecule has 0 rings (SSSR count). The van der Waals surface area contributed by atoms with Crippen LogP contribution in [0.3, 0.4) is 0 Å². The van der Waals surface area contributed by atoms with Crippen molar-refractivity contribution in [3.05, 3.63) is 0 Å². The van der Waals surface area contributed by atoms with Gasteiger partial charge in [0, 0.05) is 14.2 Å². The van der Waals surface area contributed by atoms with E-state index in [0.717, 1.165) is 0 Å². The van der Waals surface area contributed by atoms with Crippen LogP contribution in [0, 0.1) is 0 Å². The highest BCUT2D eigenvalue weighted by Gasteiger charge is 2.40. The molecule has 0 atom stereocenters. The highest BCUT2D eigenvalue weighted by atomic mass is 31.2. The van der Waals surface area contributed by atoms with E-state index >= 15 is 0 Å². The monoisotopic (exact) mass is 224 g/mol. The van der Waals surface area contributed by atoms with Crippen LogP contribution in [0.5, 0.6) is 0 Å². The van der Waals surface area contributed by atoms with E-state index in [1.54, 1.807) is 14.2 Å². The molecule has 0 bridgehead atoms. The van der Waals surface area contributed by atoms with Gasteiger partial charge in [-0.3, -0.25) is 0 Å². The first-order valence-corrected chi connectivity index (χ1v) is 8.32. The molecule has 3 nitrogen and oxygen atoms in total. The summed E-state index contributed by atoms with van der Waals surface area (Å²) in [4.78, 5) is 0. The zero-order chi connectivity index (χ0) is 10.7. The maximum absolute atomic E-state index is 5.86. The average molecular weight is 224 g/mol. The van der Waals surface area contributed by atoms with E-state index in [1.807, 2.05) is 0 Å². The SMILES string of the molecule is COP(OC)O[Si](C)(C)C(C)(C)C. The number of hydrogen-bond acceptors (Lipinski definition) is 3. The van der Waals surface area contributed by atoms with Crippen LogP contribution in [0.4, 0.5) is 0 Å². The Morgan fingerprint density at radius 3 is 1.62 bits per heavy atom. The minimum absolute atomic E-state index is 0.199. The highest BCUT2D eigenvalue weighted by Crippen LogP contribution is 2.48. The van der Waals surface area contributed by atoms with Crippen LogP contribution < -0.4 is 0 Å². The lowest BCUT2D eigenvalue weighted by Gasteiger charge is -2.37. The second-order valence-corrected chi connectivity index (χ2v) is 10.9. The van der Waals surface area contributed by atoms with Crippen molar-refractivity contribution in [2.24, 2.45) is 0 Å². The van der Waals surface area contributed by atoms with Gasteiger partial charge < -0.3 is 13.3 Å². The van der Waals surface area contributed by atoms with Crippen molar-refractivity contribution in [2.45, 2.75) is 38.9 Å². The number of rotatable bonds is 4. The molecule has 0 amide bonds. The Morgan fingerprint density at radius 2 is 1.38 bits per heavy atom. The van der Waals surface area contributed by atoms with Crippen molar-refractivity contribution < 1.29 is 13.3 Å². The average Bonchev–Trinajstić information content (AvgIpc) is 1.98. The lowest BCUT2D eigenvalue weighted by atomic mass is 10.2. The van der Waals surface area contributed by atoms with Crippen molar-refractivity contribution in [3.63, 3.8) is 0 Å². The van der Waals surface area contributed by atoms with Crippen LogP contribution in [0.15, 0.2) is 0 Å². The summed E-state index contributed by atoms with van der Waals surface area (Å²) in [5, 5.41) is 0.199. The molecular formula is C8H21O3PSi. The third kappa shape index (κ3) is 4.04. The van der Waals surface area contributed by atoms with Crippen molar-refractivity contribution in [1.29, 1.82) is 0 Å². The maximum atomic E-state index is 5.86. The van der Waals surface area contributed by atoms with Crippen LogP contribution in [-0.2, 0) is 13.3 Å². The predicted molar refractivity (Wildman–Crippen MR) is 59.2 cm³/mol. The van der Waals surface area contributed by atoms with E-state index in [-0.39, 0.29) is 5.04 Å². The maximum Gasteiger partial charge on any atom is 0.321 e. The second-order valence-electron chi connectivity index (χ2n) is 4.44. The van der Waals surface area contributed by atoms with Gasteiger partial charge in [0.2, 0.25) is 8.32 Å². The summed E-state index contributed by atoms with van der Waals surface area (Å²) in [6.07, 6.45) is 0. The summed E-state index contributed by atoms with van der Waals surface area (Å²) in [6, 6.07) is 0. The van der Waals surface area contributed by atoms with E-state index in [2.05, 4.69) is 33.9 Å². The van der Waals surface area contributed by atoms with Crippen LogP contribution in [-0.4, -0.2) is 22.5 Å². The smallest absolute Gasteiger partial charge is 0.321 e. The van der Waals surface area contributed by atoms with Gasteiger partial charge in [0.15, 0.2) is 0 Å². The van der Waals surface area contributed by atoms with Crippen molar-refractivity contribution >= 4 is 16.9 Å². The summed E-state index contributed by atoms with van der Waals surface area (Å²) < 4.78 is 16.0. The van der Waals surface area contributed by atoms with Gasteiger partial charge in [0.05, 0.1) is 0 Å². The quantitative estimate of drug-likeness (QED) is 0.540. The molecule has 0 fully saturated rings. The molecule has 0 aliphatic carbocycles. The fourth-order valence-corrected chi connectivity index (χ4v) is 3.80. The first-order chi connectivity index (χ1) is 5.74. The molecule has 0 saturated heterocycles. The molecule has 0 aromatic carbocycles. The van der Waals surface area contributed by atoms with Gasteiger partial charge in [0.25, 0.3) is 0 Å². The first-order valence-electron chi connectivity index (χ1n) is 4.32. The van der Waals surface area contributed by atoms with Crippen molar-refractivity contribution in [1.82, 2.24) is 0 Å². The minimum Gasteiger partial charge on any atom is -0.354 e. The van der Waals surface area contributed by atoms with E-state index in [0.29, 0.717) is 0 Å². The lowest BCUT2D eigenvalue weighted by Crippen LogP contribution is -2.39. The summed E-state index contributed by atoms with van der Waals surface area (Å²) in [5.41, 5.74) is 0. The van der Waals surface area contributed by atoms with Gasteiger partial charge in [0.1, 0.15) is 0 Å². The molecule has 0 aliphatic rings. The highest BCUT2D eigenvalue weighted by molar-refractivity contribution is 7.43. The molecule has 0 aromatic heterocycles. The van der Waals surface area contributed by atoms with Gasteiger partial charge in [-0.15, -0.1) is 0 Å². The summed E-state index contributed by atoms with van der Waals surface area (Å²) in [5.74, 6) is 0. The minimum atomic E-state index is -1.73. The zero-order valence-corrected chi connectivity index (χ0v) is 11.6. The van der Waals surface area contributed by atoms with Crippen LogP contribution in [0.2, 0.25) is 18.1 Å². The third-order valence-electron chi connectivity index (χ3n) is 2.41. The molecule has 0 saturated carbocycles. The molecule has 0 aromatic rings. The Balaban J connectivity index is 4.31. The summed E-state index contributed by atoms with van der Waals surface area (Å²) in [7, 11) is 0.349. The topological polar surface area (TPSA) is 27.7 Å². The summed E-state index contributed by atoms with van der Waals surface area (Å²) >= 11 is 0. The Morgan fingerprint density at radius 1 is 1.00 bits per heavy atom. The standard InChI is InChI=1S/C8H21O3PSi/c1-8(2,3)13(6,7)11-12(9-4)10-5/h1-7H3. The fraction of sp³-hybridized carbons (Fsp3) is 1.00. The molecule has 80 valence electrons. The molecule has 0 unspecified atom stereocenters. The lowest BCUT2D eigenvalue weighted by molar-refractivity contribution is 0.269. The molecule has 5 heteroatoms. The molecular weight excluding hydrogens is 203 g/mol. The van der Waals surface area contributed by atoms with Crippen molar-refractivity contribution in [3.8, 4) is 0 Å². The molecule has 0 aliphatic heterocycles. The van der Waals surface area contributed by atoms with Gasteiger partial charge in [-0.05, 0) is 18.1 Å². The molecule has 0 heterocycles. The molecule has 0 spiro atoms. The molecule has 13 heavy (non-hydrogen) atoms. The third-order valence-corrected chi connectivity index (χ3v) is 9.04. The fourth-order valence-electron chi connectivity index (χ4n) is 0.472. The zero-order valence-electron chi connectivity index (χ0n) is 9.67. The Bertz CT molecular complexity index is 152. The molecule has 0 N–H and O–H groups in total. The van der Waals surface area contributed by atoms with Gasteiger partial charge in [-0.1, -0.05) is 20.8 Å². The molecule has 0 radical (unpaired) electrons.